The van der Waals surface area contributed by atoms with Gasteiger partial charge in [-0.15, -0.1) is 0 Å². The highest BCUT2D eigenvalue weighted by atomic mass is 35.5. The van der Waals surface area contributed by atoms with Crippen molar-refractivity contribution in [2.24, 2.45) is 0 Å². The number of likely N-dealkylation sites (N-methyl/N-ethyl adjacent to an activating group) is 1. The first kappa shape index (κ1) is 24.6. The van der Waals surface area contributed by atoms with Crippen LogP contribution in [-0.2, 0) is 4.79 Å². The molecule has 1 heterocycles. The number of halogens is 1. The van der Waals surface area contributed by atoms with Crippen LogP contribution >= 0.6 is 35.6 Å². The second kappa shape index (κ2) is 11.7. The van der Waals surface area contributed by atoms with Crippen LogP contribution in [0.5, 0.6) is 11.5 Å². The number of thiocarbonyl (C=S) groups is 1. The van der Waals surface area contributed by atoms with Gasteiger partial charge in [0.05, 0.1) is 18.1 Å². The summed E-state index contributed by atoms with van der Waals surface area (Å²) >= 11 is 12.8. The lowest BCUT2D eigenvalue weighted by Crippen LogP contribution is -2.27. The van der Waals surface area contributed by atoms with E-state index in [2.05, 4.69) is 26.0 Å². The van der Waals surface area contributed by atoms with Crippen LogP contribution in [0.3, 0.4) is 0 Å². The Morgan fingerprint density at radius 3 is 2.50 bits per heavy atom. The third-order valence-electron chi connectivity index (χ3n) is 5.32. The van der Waals surface area contributed by atoms with Crippen molar-refractivity contribution in [2.75, 3.05) is 19.8 Å². The molecule has 0 unspecified atom stereocenters. The lowest BCUT2D eigenvalue weighted by molar-refractivity contribution is -0.121. The number of nitrogens with zero attached hydrogens (tertiary/aromatic N) is 1. The summed E-state index contributed by atoms with van der Waals surface area (Å²) < 4.78 is 12.4. The van der Waals surface area contributed by atoms with Gasteiger partial charge in [0.15, 0.2) is 0 Å². The number of hydrogen-bond acceptors (Lipinski definition) is 5. The smallest absolute Gasteiger partial charge is 0.266 e. The number of hydrogen-bond donors (Lipinski definition) is 0. The first-order chi connectivity index (χ1) is 15.4. The number of rotatable bonds is 10. The van der Waals surface area contributed by atoms with Gasteiger partial charge in [0.25, 0.3) is 5.91 Å². The highest BCUT2D eigenvalue weighted by Crippen LogP contribution is 2.35. The van der Waals surface area contributed by atoms with E-state index < -0.39 is 0 Å². The van der Waals surface area contributed by atoms with Gasteiger partial charge in [0.2, 0.25) is 0 Å². The van der Waals surface area contributed by atoms with Crippen molar-refractivity contribution in [3.63, 3.8) is 0 Å². The van der Waals surface area contributed by atoms with E-state index in [1.54, 1.807) is 23.1 Å². The van der Waals surface area contributed by atoms with Crippen LogP contribution in [0.25, 0.3) is 6.08 Å². The maximum atomic E-state index is 12.5. The Labute approximate surface area is 204 Å². The fourth-order valence-corrected chi connectivity index (χ4v) is 4.79. The van der Waals surface area contributed by atoms with E-state index in [4.69, 9.17) is 33.3 Å². The summed E-state index contributed by atoms with van der Waals surface area (Å²) in [6.45, 7) is 7.93. The maximum Gasteiger partial charge on any atom is 0.266 e. The number of benzene rings is 2. The predicted octanol–water partition coefficient (Wildman–Crippen LogP) is 6.92. The Balaban J connectivity index is 1.55. The lowest BCUT2D eigenvalue weighted by atomic mass is 9.99. The number of carbonyl (C=O) groups is 1. The Bertz CT molecular complexity index is 991. The van der Waals surface area contributed by atoms with Crippen molar-refractivity contribution in [3.8, 4) is 11.5 Å². The molecule has 2 aromatic carbocycles. The Morgan fingerprint density at radius 1 is 1.12 bits per heavy atom. The summed E-state index contributed by atoms with van der Waals surface area (Å²) in [4.78, 5) is 14.7. The van der Waals surface area contributed by atoms with Gasteiger partial charge < -0.3 is 9.47 Å². The molecule has 2 aromatic rings. The van der Waals surface area contributed by atoms with Gasteiger partial charge in [0.1, 0.15) is 15.8 Å². The third kappa shape index (κ3) is 6.27. The molecule has 0 radical (unpaired) electrons. The van der Waals surface area contributed by atoms with Crippen LogP contribution in [0, 0.1) is 0 Å². The van der Waals surface area contributed by atoms with E-state index in [0.29, 0.717) is 45.7 Å². The SMILES string of the molecule is CC[C@@H](C)c1ccc(OCCCOc2ccc(Cl)cc2/C=C2\SC(=S)N(CC)C2=O)cc1. The largest absolute Gasteiger partial charge is 0.493 e. The van der Waals surface area contributed by atoms with Crippen LogP contribution in [0.15, 0.2) is 47.4 Å². The lowest BCUT2D eigenvalue weighted by Gasteiger charge is -2.12. The van der Waals surface area contributed by atoms with Gasteiger partial charge in [-0.25, -0.2) is 0 Å². The summed E-state index contributed by atoms with van der Waals surface area (Å²) in [7, 11) is 0. The van der Waals surface area contributed by atoms with Gasteiger partial charge >= 0.3 is 0 Å². The summed E-state index contributed by atoms with van der Waals surface area (Å²) in [6.07, 6.45) is 3.65. The van der Waals surface area contributed by atoms with E-state index in [1.165, 1.54) is 17.3 Å². The van der Waals surface area contributed by atoms with Crippen molar-refractivity contribution in [3.05, 3.63) is 63.5 Å². The second-order valence-corrected chi connectivity index (χ2v) is 9.65. The predicted molar refractivity (Wildman–Crippen MR) is 138 cm³/mol. The van der Waals surface area contributed by atoms with Crippen molar-refractivity contribution in [1.29, 1.82) is 0 Å². The summed E-state index contributed by atoms with van der Waals surface area (Å²) in [6, 6.07) is 13.7. The van der Waals surface area contributed by atoms with E-state index in [0.717, 1.165) is 24.2 Å². The number of carbonyl (C=O) groups excluding carboxylic acids is 1. The molecule has 0 aromatic heterocycles. The van der Waals surface area contributed by atoms with Crippen LogP contribution in [-0.4, -0.2) is 34.9 Å². The molecule has 3 rings (SSSR count). The quantitative estimate of drug-likeness (QED) is 0.206. The second-order valence-electron chi connectivity index (χ2n) is 7.54. The molecule has 0 bridgehead atoms. The summed E-state index contributed by atoms with van der Waals surface area (Å²) in [5, 5.41) is 0.582. The molecule has 0 saturated carbocycles. The van der Waals surface area contributed by atoms with Crippen LogP contribution < -0.4 is 9.47 Å². The topological polar surface area (TPSA) is 38.8 Å². The monoisotopic (exact) mass is 489 g/mol. The Morgan fingerprint density at radius 2 is 1.84 bits per heavy atom. The first-order valence-corrected chi connectivity index (χ1v) is 12.4. The average Bonchev–Trinajstić information content (AvgIpc) is 3.06. The van der Waals surface area contributed by atoms with Crippen LogP contribution in [0.1, 0.15) is 50.7 Å². The normalized spacial score (nSPS) is 16.0. The zero-order valence-electron chi connectivity index (χ0n) is 18.6. The molecule has 7 heteroatoms. The molecule has 1 fully saturated rings. The molecule has 170 valence electrons. The highest BCUT2D eigenvalue weighted by molar-refractivity contribution is 8.26. The minimum atomic E-state index is -0.0822. The van der Waals surface area contributed by atoms with E-state index in [1.807, 2.05) is 25.1 Å². The number of ether oxygens (including phenoxy) is 2. The fraction of sp³-hybridized carbons (Fsp3) is 0.360. The molecule has 0 aliphatic carbocycles. The molecule has 1 aliphatic heterocycles. The standard InChI is InChI=1S/C25H28ClNO3S2/c1-4-17(3)18-7-10-21(11-8-18)29-13-6-14-30-22-12-9-20(26)15-19(22)16-23-24(28)27(5-2)25(31)32-23/h7-12,15-17H,4-6,13-14H2,1-3H3/b23-16-/t17-/m1/s1. The maximum absolute atomic E-state index is 12.5. The molecule has 1 aliphatic rings. The molecular formula is C25H28ClNO3S2. The third-order valence-corrected chi connectivity index (χ3v) is 6.94. The van der Waals surface area contributed by atoms with Gasteiger partial charge in [0, 0.05) is 23.6 Å². The molecule has 0 spiro atoms. The van der Waals surface area contributed by atoms with E-state index >= 15 is 0 Å². The zero-order chi connectivity index (χ0) is 23.1. The van der Waals surface area contributed by atoms with Crippen molar-refractivity contribution in [2.45, 2.75) is 39.5 Å². The van der Waals surface area contributed by atoms with Crippen LogP contribution in [0.4, 0.5) is 0 Å². The van der Waals surface area contributed by atoms with E-state index in [-0.39, 0.29) is 5.91 Å². The number of amides is 1. The van der Waals surface area contributed by atoms with Gasteiger partial charge in [-0.3, -0.25) is 9.69 Å². The Kier molecular flexibility index (Phi) is 9.02. The minimum absolute atomic E-state index is 0.0822. The molecule has 0 N–H and O–H groups in total. The minimum Gasteiger partial charge on any atom is -0.493 e. The summed E-state index contributed by atoms with van der Waals surface area (Å²) in [5.74, 6) is 2.01. The first-order valence-electron chi connectivity index (χ1n) is 10.8. The van der Waals surface area contributed by atoms with Gasteiger partial charge in [-0.05, 0) is 61.2 Å². The van der Waals surface area contributed by atoms with Crippen LogP contribution in [0.2, 0.25) is 5.02 Å². The molecule has 1 atom stereocenters. The number of thioether (sulfide) groups is 1. The molecule has 32 heavy (non-hydrogen) atoms. The molecule has 1 saturated heterocycles. The van der Waals surface area contributed by atoms with Gasteiger partial charge in [-0.1, -0.05) is 61.6 Å². The molecule has 1 amide bonds. The van der Waals surface area contributed by atoms with Crippen molar-refractivity contribution < 1.29 is 14.3 Å². The summed E-state index contributed by atoms with van der Waals surface area (Å²) in [5.41, 5.74) is 2.09. The van der Waals surface area contributed by atoms with Crippen molar-refractivity contribution >= 4 is 51.9 Å². The highest BCUT2D eigenvalue weighted by Gasteiger charge is 2.30. The molecular weight excluding hydrogens is 462 g/mol. The Hall–Kier alpha value is -2.02. The fourth-order valence-electron chi connectivity index (χ4n) is 3.24. The average molecular weight is 490 g/mol. The van der Waals surface area contributed by atoms with Crippen molar-refractivity contribution in [1.82, 2.24) is 4.90 Å². The van der Waals surface area contributed by atoms with E-state index in [9.17, 15) is 4.79 Å². The van der Waals surface area contributed by atoms with Gasteiger partial charge in [-0.2, -0.15) is 0 Å². The molecule has 4 nitrogen and oxygen atoms in total. The zero-order valence-corrected chi connectivity index (χ0v) is 21.0.